The fraction of sp³-hybridized carbons (Fsp3) is 0.464. The third kappa shape index (κ3) is 6.66. The molecule has 1 unspecified atom stereocenters. The first-order valence-corrected chi connectivity index (χ1v) is 13.1. The van der Waals surface area contributed by atoms with Gasteiger partial charge < -0.3 is 20.5 Å². The minimum atomic E-state index is -4.58. The van der Waals surface area contributed by atoms with Crippen molar-refractivity contribution in [2.24, 2.45) is 0 Å². The number of aliphatic hydroxyl groups excluding tert-OH is 1. The van der Waals surface area contributed by atoms with Crippen LogP contribution in [-0.4, -0.2) is 69.4 Å². The van der Waals surface area contributed by atoms with Crippen LogP contribution in [0.5, 0.6) is 0 Å². The summed E-state index contributed by atoms with van der Waals surface area (Å²) < 4.78 is 46.3. The van der Waals surface area contributed by atoms with Gasteiger partial charge in [0.05, 0.1) is 25.0 Å². The highest BCUT2D eigenvalue weighted by molar-refractivity contribution is 5.76. The lowest BCUT2D eigenvalue weighted by atomic mass is 9.88. The number of hydrogen-bond acceptors (Lipinski definition) is 8. The lowest BCUT2D eigenvalue weighted by Crippen LogP contribution is -2.48. The van der Waals surface area contributed by atoms with E-state index in [1.165, 1.54) is 18.0 Å². The van der Waals surface area contributed by atoms with E-state index in [0.29, 0.717) is 43.3 Å². The SMILES string of the molecule is CC(C)(CN1CCOCC1)Nc1nc(C(F)(F)F)ccc1-c1cc(Nc2cccc3c2CC(O)CC3)ncn1. The van der Waals surface area contributed by atoms with Gasteiger partial charge in [-0.3, -0.25) is 4.90 Å². The lowest BCUT2D eigenvalue weighted by Gasteiger charge is -2.36. The van der Waals surface area contributed by atoms with Gasteiger partial charge in [0.2, 0.25) is 0 Å². The van der Waals surface area contributed by atoms with E-state index in [9.17, 15) is 18.3 Å². The van der Waals surface area contributed by atoms with Crippen molar-refractivity contribution in [3.63, 3.8) is 0 Å². The Labute approximate surface area is 225 Å². The maximum absolute atomic E-state index is 13.6. The Bertz CT molecular complexity index is 1310. The summed E-state index contributed by atoms with van der Waals surface area (Å²) in [7, 11) is 0. The molecule has 3 aromatic rings. The molecule has 0 amide bonds. The number of halogens is 3. The van der Waals surface area contributed by atoms with E-state index in [1.54, 1.807) is 6.07 Å². The number of alkyl halides is 3. The van der Waals surface area contributed by atoms with Gasteiger partial charge >= 0.3 is 6.18 Å². The van der Waals surface area contributed by atoms with E-state index in [-0.39, 0.29) is 5.82 Å². The molecule has 1 aliphatic heterocycles. The van der Waals surface area contributed by atoms with Gasteiger partial charge in [0.1, 0.15) is 23.7 Å². The topological polar surface area (TPSA) is 95.4 Å². The Morgan fingerprint density at radius 3 is 2.67 bits per heavy atom. The molecule has 3 N–H and O–H groups in total. The number of rotatable bonds is 7. The van der Waals surface area contributed by atoms with Crippen LogP contribution in [0.25, 0.3) is 11.3 Å². The van der Waals surface area contributed by atoms with Crippen molar-refractivity contribution < 1.29 is 23.0 Å². The van der Waals surface area contributed by atoms with Crippen molar-refractivity contribution in [3.05, 3.63) is 59.5 Å². The molecule has 0 radical (unpaired) electrons. The molecule has 1 aromatic carbocycles. The maximum Gasteiger partial charge on any atom is 0.433 e. The number of fused-ring (bicyclic) bond motifs is 1. The van der Waals surface area contributed by atoms with Crippen LogP contribution in [0.4, 0.5) is 30.5 Å². The fourth-order valence-electron chi connectivity index (χ4n) is 5.20. The zero-order valence-corrected chi connectivity index (χ0v) is 22.1. The Morgan fingerprint density at radius 1 is 1.10 bits per heavy atom. The highest BCUT2D eigenvalue weighted by Gasteiger charge is 2.34. The first-order chi connectivity index (χ1) is 18.6. The first-order valence-electron chi connectivity index (χ1n) is 13.1. The number of aliphatic hydroxyl groups is 1. The summed E-state index contributed by atoms with van der Waals surface area (Å²) in [5, 5.41) is 16.8. The number of anilines is 3. The second-order valence-electron chi connectivity index (χ2n) is 10.7. The van der Waals surface area contributed by atoms with Gasteiger partial charge in [-0.25, -0.2) is 15.0 Å². The Kier molecular flexibility index (Phi) is 7.75. The minimum absolute atomic E-state index is 0.105. The van der Waals surface area contributed by atoms with E-state index < -0.39 is 23.5 Å². The summed E-state index contributed by atoms with van der Waals surface area (Å²) in [5.74, 6) is 0.597. The summed E-state index contributed by atoms with van der Waals surface area (Å²) in [6, 6.07) is 10.0. The van der Waals surface area contributed by atoms with E-state index in [2.05, 4.69) is 36.6 Å². The zero-order valence-electron chi connectivity index (χ0n) is 22.1. The molecule has 1 fully saturated rings. The molecule has 1 aliphatic carbocycles. The Balaban J connectivity index is 1.45. The van der Waals surface area contributed by atoms with Crippen LogP contribution in [0.2, 0.25) is 0 Å². The van der Waals surface area contributed by atoms with E-state index in [4.69, 9.17) is 4.74 Å². The maximum atomic E-state index is 13.6. The number of pyridine rings is 1. The molecule has 11 heteroatoms. The molecular weight excluding hydrogens is 509 g/mol. The molecule has 2 aromatic heterocycles. The van der Waals surface area contributed by atoms with Gasteiger partial charge in [0.25, 0.3) is 0 Å². The Hall–Kier alpha value is -3.28. The van der Waals surface area contributed by atoms with Crippen molar-refractivity contribution >= 4 is 17.3 Å². The quantitative estimate of drug-likeness (QED) is 0.397. The van der Waals surface area contributed by atoms with Crippen molar-refractivity contribution in [2.45, 2.75) is 50.9 Å². The summed E-state index contributed by atoms with van der Waals surface area (Å²) in [6.45, 7) is 7.26. The van der Waals surface area contributed by atoms with Crippen LogP contribution in [0, 0.1) is 0 Å². The summed E-state index contributed by atoms with van der Waals surface area (Å²) in [5.41, 5.74) is 2.38. The monoisotopic (exact) mass is 542 g/mol. The molecule has 0 bridgehead atoms. The van der Waals surface area contributed by atoms with E-state index >= 15 is 0 Å². The van der Waals surface area contributed by atoms with Crippen LogP contribution in [0.3, 0.4) is 0 Å². The second-order valence-corrected chi connectivity index (χ2v) is 10.7. The van der Waals surface area contributed by atoms with Gasteiger partial charge in [-0.05, 0) is 56.0 Å². The highest BCUT2D eigenvalue weighted by atomic mass is 19.4. The number of nitrogens with one attached hydrogen (secondary N) is 2. The summed E-state index contributed by atoms with van der Waals surface area (Å²) >= 11 is 0. The summed E-state index contributed by atoms with van der Waals surface area (Å²) in [4.78, 5) is 14.9. The largest absolute Gasteiger partial charge is 0.433 e. The van der Waals surface area contributed by atoms with Crippen LogP contribution in [0.1, 0.15) is 37.1 Å². The molecule has 0 spiro atoms. The minimum Gasteiger partial charge on any atom is -0.393 e. The van der Waals surface area contributed by atoms with Crippen LogP contribution >= 0.6 is 0 Å². The molecule has 0 saturated carbocycles. The number of benzene rings is 1. The number of aryl methyl sites for hydroxylation is 1. The third-order valence-corrected chi connectivity index (χ3v) is 7.03. The van der Waals surface area contributed by atoms with Gasteiger partial charge in [-0.2, -0.15) is 13.2 Å². The number of nitrogens with zero attached hydrogens (tertiary/aromatic N) is 4. The van der Waals surface area contributed by atoms with E-state index in [0.717, 1.165) is 43.2 Å². The summed E-state index contributed by atoms with van der Waals surface area (Å²) in [6.07, 6.45) is -1.53. The molecule has 5 rings (SSSR count). The highest BCUT2D eigenvalue weighted by Crippen LogP contribution is 2.35. The third-order valence-electron chi connectivity index (χ3n) is 7.03. The lowest BCUT2D eigenvalue weighted by molar-refractivity contribution is -0.141. The molecule has 39 heavy (non-hydrogen) atoms. The molecule has 208 valence electrons. The molecule has 1 atom stereocenters. The molecule has 3 heterocycles. The standard InChI is InChI=1S/C28H33F3N6O2/c1-27(2,16-37-10-12-39-13-11-37)36-26-20(8-9-24(35-26)28(29,30)31)23-15-25(33-17-32-23)34-22-5-3-4-18-6-7-19(38)14-21(18)22/h3-5,8-9,15,17,19,38H,6-7,10-14,16H2,1-2H3,(H,35,36)(H,32,33,34). The van der Waals surface area contributed by atoms with Gasteiger partial charge in [-0.1, -0.05) is 12.1 Å². The first kappa shape index (κ1) is 27.3. The van der Waals surface area contributed by atoms with Crippen LogP contribution in [-0.2, 0) is 23.8 Å². The number of ether oxygens (including phenoxy) is 1. The number of aromatic nitrogens is 3. The number of morpholine rings is 1. The van der Waals surface area contributed by atoms with Crippen molar-refractivity contribution in [3.8, 4) is 11.3 Å². The van der Waals surface area contributed by atoms with Gasteiger partial charge in [-0.15, -0.1) is 0 Å². The average molecular weight is 543 g/mol. The fourth-order valence-corrected chi connectivity index (χ4v) is 5.20. The smallest absolute Gasteiger partial charge is 0.393 e. The molecule has 1 saturated heterocycles. The van der Waals surface area contributed by atoms with Crippen LogP contribution < -0.4 is 10.6 Å². The predicted molar refractivity (Wildman–Crippen MR) is 143 cm³/mol. The molecular formula is C28H33F3N6O2. The van der Waals surface area contributed by atoms with E-state index in [1.807, 2.05) is 26.0 Å². The Morgan fingerprint density at radius 2 is 1.90 bits per heavy atom. The van der Waals surface area contributed by atoms with Gasteiger partial charge in [0.15, 0.2) is 0 Å². The molecule has 8 nitrogen and oxygen atoms in total. The second kappa shape index (κ2) is 11.1. The predicted octanol–water partition coefficient (Wildman–Crippen LogP) is 4.67. The number of hydrogen-bond donors (Lipinski definition) is 3. The zero-order chi connectivity index (χ0) is 27.6. The average Bonchev–Trinajstić information content (AvgIpc) is 2.89. The van der Waals surface area contributed by atoms with Crippen LogP contribution in [0.15, 0.2) is 42.7 Å². The van der Waals surface area contributed by atoms with Crippen molar-refractivity contribution in [1.82, 2.24) is 19.9 Å². The van der Waals surface area contributed by atoms with Crippen molar-refractivity contribution in [1.29, 1.82) is 0 Å². The molecule has 2 aliphatic rings. The van der Waals surface area contributed by atoms with Gasteiger partial charge in [0, 0.05) is 48.9 Å². The normalized spacial score (nSPS) is 18.5. The van der Waals surface area contributed by atoms with Crippen molar-refractivity contribution in [2.75, 3.05) is 43.5 Å².